The molecule has 4 nitrogen and oxygen atoms in total. The van der Waals surface area contributed by atoms with Crippen LogP contribution in [0.25, 0.3) is 5.65 Å². The average molecular weight is 261 g/mol. The van der Waals surface area contributed by atoms with Crippen LogP contribution in [0.15, 0.2) is 18.3 Å². The van der Waals surface area contributed by atoms with Crippen LogP contribution in [0.5, 0.6) is 0 Å². The summed E-state index contributed by atoms with van der Waals surface area (Å²) >= 11 is 0. The molecule has 0 bridgehead atoms. The van der Waals surface area contributed by atoms with Crippen molar-refractivity contribution in [3.63, 3.8) is 0 Å². The van der Waals surface area contributed by atoms with Gasteiger partial charge in [0.1, 0.15) is 17.2 Å². The number of carbonyl (C=O) groups is 1. The Morgan fingerprint density at radius 1 is 1.26 bits per heavy atom. The highest BCUT2D eigenvalue weighted by molar-refractivity contribution is 5.94. The monoisotopic (exact) mass is 261 g/mol. The highest BCUT2D eigenvalue weighted by Crippen LogP contribution is 2.18. The number of carbonyl (C=O) groups excluding carboxylic acids is 1. The summed E-state index contributed by atoms with van der Waals surface area (Å²) in [5, 5.41) is 0. The quantitative estimate of drug-likeness (QED) is 0.790. The molecule has 3 heterocycles. The molecular formula is C14H16FN3O. The Kier molecular flexibility index (Phi) is 2.97. The minimum absolute atomic E-state index is 0.0460. The van der Waals surface area contributed by atoms with Crippen molar-refractivity contribution in [2.45, 2.75) is 26.2 Å². The Morgan fingerprint density at radius 2 is 2.00 bits per heavy atom. The smallest absolute Gasteiger partial charge is 0.272 e. The van der Waals surface area contributed by atoms with E-state index in [9.17, 15) is 9.18 Å². The van der Waals surface area contributed by atoms with Crippen LogP contribution in [-0.4, -0.2) is 33.3 Å². The molecule has 0 spiro atoms. The number of halogens is 1. The predicted molar refractivity (Wildman–Crippen MR) is 69.6 cm³/mol. The SMILES string of the molecule is Cc1nc2ccc(F)cn2c1C(=O)N1CCCCC1. The first-order valence-corrected chi connectivity index (χ1v) is 6.60. The molecule has 100 valence electrons. The summed E-state index contributed by atoms with van der Waals surface area (Å²) in [6.45, 7) is 3.35. The molecule has 0 unspecified atom stereocenters. The zero-order valence-electron chi connectivity index (χ0n) is 10.9. The fourth-order valence-corrected chi connectivity index (χ4v) is 2.64. The van der Waals surface area contributed by atoms with Crippen LogP contribution in [0.3, 0.4) is 0 Å². The zero-order chi connectivity index (χ0) is 13.4. The van der Waals surface area contributed by atoms with E-state index in [2.05, 4.69) is 4.98 Å². The minimum Gasteiger partial charge on any atom is -0.337 e. The van der Waals surface area contributed by atoms with Crippen LogP contribution in [0.2, 0.25) is 0 Å². The van der Waals surface area contributed by atoms with E-state index in [-0.39, 0.29) is 11.7 Å². The zero-order valence-corrected chi connectivity index (χ0v) is 10.9. The Balaban J connectivity index is 2.05. The molecule has 0 aromatic carbocycles. The first-order valence-electron chi connectivity index (χ1n) is 6.60. The Bertz CT molecular complexity index is 629. The molecule has 0 aliphatic carbocycles. The average Bonchev–Trinajstić information content (AvgIpc) is 2.74. The number of rotatable bonds is 1. The molecule has 0 saturated carbocycles. The van der Waals surface area contributed by atoms with Gasteiger partial charge in [-0.3, -0.25) is 9.20 Å². The van der Waals surface area contributed by atoms with E-state index in [4.69, 9.17) is 0 Å². The van der Waals surface area contributed by atoms with Crippen molar-refractivity contribution in [3.05, 3.63) is 35.5 Å². The number of pyridine rings is 1. The molecule has 1 aliphatic rings. The summed E-state index contributed by atoms with van der Waals surface area (Å²) in [6.07, 6.45) is 4.57. The summed E-state index contributed by atoms with van der Waals surface area (Å²) in [7, 11) is 0. The van der Waals surface area contributed by atoms with Gasteiger partial charge in [0.05, 0.1) is 5.69 Å². The van der Waals surface area contributed by atoms with Gasteiger partial charge in [-0.15, -0.1) is 0 Å². The van der Waals surface area contributed by atoms with Gasteiger partial charge >= 0.3 is 0 Å². The molecule has 0 atom stereocenters. The number of hydrogen-bond donors (Lipinski definition) is 0. The van der Waals surface area contributed by atoms with Gasteiger partial charge in [0, 0.05) is 19.3 Å². The van der Waals surface area contributed by atoms with E-state index in [1.165, 1.54) is 18.7 Å². The number of aromatic nitrogens is 2. The fraction of sp³-hybridized carbons (Fsp3) is 0.429. The number of fused-ring (bicyclic) bond motifs is 1. The molecular weight excluding hydrogens is 245 g/mol. The first kappa shape index (κ1) is 12.1. The summed E-state index contributed by atoms with van der Waals surface area (Å²) in [5.41, 5.74) is 1.75. The van der Waals surface area contributed by atoms with Gasteiger partial charge in [0.15, 0.2) is 0 Å². The van der Waals surface area contributed by atoms with Gasteiger partial charge in [0.2, 0.25) is 0 Å². The third-order valence-corrected chi connectivity index (χ3v) is 3.60. The van der Waals surface area contributed by atoms with Crippen LogP contribution in [-0.2, 0) is 0 Å². The lowest BCUT2D eigenvalue weighted by Gasteiger charge is -2.26. The van der Waals surface area contributed by atoms with Gasteiger partial charge in [-0.25, -0.2) is 9.37 Å². The lowest BCUT2D eigenvalue weighted by atomic mass is 10.1. The van der Waals surface area contributed by atoms with Gasteiger partial charge in [0.25, 0.3) is 5.91 Å². The summed E-state index contributed by atoms with van der Waals surface area (Å²) in [4.78, 5) is 18.7. The van der Waals surface area contributed by atoms with E-state index < -0.39 is 0 Å². The Labute approximate surface area is 110 Å². The predicted octanol–water partition coefficient (Wildman–Crippen LogP) is 2.41. The normalized spacial score (nSPS) is 16.0. The van der Waals surface area contributed by atoms with E-state index in [1.54, 1.807) is 17.4 Å². The topological polar surface area (TPSA) is 37.6 Å². The number of amides is 1. The van der Waals surface area contributed by atoms with Crippen molar-refractivity contribution in [2.24, 2.45) is 0 Å². The molecule has 2 aromatic heterocycles. The second-order valence-corrected chi connectivity index (χ2v) is 4.97. The molecule has 1 saturated heterocycles. The summed E-state index contributed by atoms with van der Waals surface area (Å²) in [6, 6.07) is 2.95. The van der Waals surface area contributed by atoms with E-state index in [1.807, 2.05) is 4.90 Å². The van der Waals surface area contributed by atoms with Gasteiger partial charge in [-0.1, -0.05) is 0 Å². The lowest BCUT2D eigenvalue weighted by molar-refractivity contribution is 0.0716. The maximum Gasteiger partial charge on any atom is 0.272 e. The van der Waals surface area contributed by atoms with Crippen molar-refractivity contribution in [3.8, 4) is 0 Å². The number of nitrogens with zero attached hydrogens (tertiary/aromatic N) is 3. The molecule has 5 heteroatoms. The van der Waals surface area contributed by atoms with Crippen LogP contribution in [0, 0.1) is 12.7 Å². The fourth-order valence-electron chi connectivity index (χ4n) is 2.64. The van der Waals surface area contributed by atoms with Crippen LogP contribution >= 0.6 is 0 Å². The molecule has 1 aliphatic heterocycles. The highest BCUT2D eigenvalue weighted by atomic mass is 19.1. The summed E-state index contributed by atoms with van der Waals surface area (Å²) in [5.74, 6) is -0.409. The molecule has 2 aromatic rings. The maximum absolute atomic E-state index is 13.4. The minimum atomic E-state index is -0.363. The maximum atomic E-state index is 13.4. The number of piperidine rings is 1. The van der Waals surface area contributed by atoms with Crippen LogP contribution in [0.1, 0.15) is 35.4 Å². The van der Waals surface area contributed by atoms with E-state index in [0.717, 1.165) is 25.9 Å². The third kappa shape index (κ3) is 2.09. The van der Waals surface area contributed by atoms with Crippen molar-refractivity contribution in [1.82, 2.24) is 14.3 Å². The summed E-state index contributed by atoms with van der Waals surface area (Å²) < 4.78 is 14.9. The number of imidazole rings is 1. The third-order valence-electron chi connectivity index (χ3n) is 3.60. The van der Waals surface area contributed by atoms with Crippen LogP contribution in [0.4, 0.5) is 4.39 Å². The molecule has 3 rings (SSSR count). The van der Waals surface area contributed by atoms with E-state index in [0.29, 0.717) is 17.0 Å². The number of aryl methyl sites for hydroxylation is 1. The number of likely N-dealkylation sites (tertiary alicyclic amines) is 1. The van der Waals surface area contributed by atoms with Crippen molar-refractivity contribution < 1.29 is 9.18 Å². The van der Waals surface area contributed by atoms with Crippen LogP contribution < -0.4 is 0 Å². The first-order chi connectivity index (χ1) is 9.16. The Morgan fingerprint density at radius 3 is 2.74 bits per heavy atom. The van der Waals surface area contributed by atoms with Crippen molar-refractivity contribution in [2.75, 3.05) is 13.1 Å². The van der Waals surface area contributed by atoms with Gasteiger partial charge in [-0.05, 0) is 38.3 Å². The standard InChI is InChI=1S/C14H16FN3O/c1-10-13(14(19)17-7-3-2-4-8-17)18-9-11(15)5-6-12(18)16-10/h5-6,9H,2-4,7-8H2,1H3. The van der Waals surface area contributed by atoms with E-state index >= 15 is 0 Å². The molecule has 0 N–H and O–H groups in total. The molecule has 0 radical (unpaired) electrons. The lowest BCUT2D eigenvalue weighted by Crippen LogP contribution is -2.36. The molecule has 1 amide bonds. The van der Waals surface area contributed by atoms with Crippen molar-refractivity contribution in [1.29, 1.82) is 0 Å². The Hall–Kier alpha value is -1.91. The van der Waals surface area contributed by atoms with Gasteiger partial charge in [-0.2, -0.15) is 0 Å². The molecule has 19 heavy (non-hydrogen) atoms. The second-order valence-electron chi connectivity index (χ2n) is 4.97. The second kappa shape index (κ2) is 4.64. The largest absolute Gasteiger partial charge is 0.337 e. The van der Waals surface area contributed by atoms with Crippen molar-refractivity contribution >= 4 is 11.6 Å². The highest BCUT2D eigenvalue weighted by Gasteiger charge is 2.23. The number of hydrogen-bond acceptors (Lipinski definition) is 2. The van der Waals surface area contributed by atoms with Gasteiger partial charge < -0.3 is 4.90 Å². The molecule has 1 fully saturated rings.